The van der Waals surface area contributed by atoms with Gasteiger partial charge in [0.2, 0.25) is 0 Å². The first-order valence-corrected chi connectivity index (χ1v) is 8.92. The summed E-state index contributed by atoms with van der Waals surface area (Å²) >= 11 is 0. The fourth-order valence-corrected chi connectivity index (χ4v) is 3.67. The maximum atomic E-state index is 11.4. The molecule has 4 nitrogen and oxygen atoms in total. The summed E-state index contributed by atoms with van der Waals surface area (Å²) in [5.74, 6) is 0.112. The molecule has 4 aromatic carbocycles. The molecule has 4 rings (SSSR count). The number of phenols is 1. The van der Waals surface area contributed by atoms with Crippen molar-refractivity contribution in [2.24, 2.45) is 0 Å². The van der Waals surface area contributed by atoms with Crippen LogP contribution in [0.25, 0.3) is 32.7 Å². The van der Waals surface area contributed by atoms with Crippen LogP contribution in [0.1, 0.15) is 21.5 Å². The number of rotatable bonds is 3. The second kappa shape index (κ2) is 7.31. The average Bonchev–Trinajstić information content (AvgIpc) is 2.77. The van der Waals surface area contributed by atoms with Crippen LogP contribution in [0, 0.1) is 22.7 Å². The Morgan fingerprint density at radius 2 is 1.17 bits per heavy atom. The summed E-state index contributed by atoms with van der Waals surface area (Å²) in [5, 5.41) is 32.9. The highest BCUT2D eigenvalue weighted by molar-refractivity contribution is 6.14. The first-order valence-electron chi connectivity index (χ1n) is 8.92. The van der Waals surface area contributed by atoms with Gasteiger partial charge in [-0.2, -0.15) is 10.5 Å². The third-order valence-electron chi connectivity index (χ3n) is 4.99. The molecule has 0 heterocycles. The number of aldehydes is 1. The lowest BCUT2D eigenvalue weighted by Crippen LogP contribution is -1.93. The minimum absolute atomic E-state index is 0.112. The van der Waals surface area contributed by atoms with E-state index in [4.69, 9.17) is 0 Å². The highest BCUT2D eigenvalue weighted by atomic mass is 16.3. The minimum Gasteiger partial charge on any atom is -0.507 e. The van der Waals surface area contributed by atoms with Crippen molar-refractivity contribution >= 4 is 39.0 Å². The molecule has 4 aromatic rings. The van der Waals surface area contributed by atoms with Gasteiger partial charge < -0.3 is 5.11 Å². The summed E-state index contributed by atoms with van der Waals surface area (Å²) in [7, 11) is 0. The molecule has 0 aliphatic heterocycles. The Hall–Kier alpha value is -4.41. The van der Waals surface area contributed by atoms with Gasteiger partial charge >= 0.3 is 0 Å². The molecule has 4 heteroatoms. The zero-order chi connectivity index (χ0) is 20.4. The molecule has 0 bridgehead atoms. The topological polar surface area (TPSA) is 84.9 Å². The van der Waals surface area contributed by atoms with E-state index in [1.54, 1.807) is 54.6 Å². The third-order valence-corrected chi connectivity index (χ3v) is 4.99. The van der Waals surface area contributed by atoms with Crippen LogP contribution in [0.15, 0.2) is 72.8 Å². The van der Waals surface area contributed by atoms with Crippen molar-refractivity contribution in [3.05, 3.63) is 89.5 Å². The van der Waals surface area contributed by atoms with Gasteiger partial charge in [-0.3, -0.25) is 4.79 Å². The largest absolute Gasteiger partial charge is 0.507 e. The minimum atomic E-state index is 0.112. The van der Waals surface area contributed by atoms with Crippen LogP contribution in [-0.2, 0) is 0 Å². The van der Waals surface area contributed by atoms with E-state index in [-0.39, 0.29) is 16.9 Å². The van der Waals surface area contributed by atoms with Crippen LogP contribution >= 0.6 is 0 Å². The lowest BCUT2D eigenvalue weighted by atomic mass is 9.89. The normalized spacial score (nSPS) is 11.5. The lowest BCUT2D eigenvalue weighted by molar-refractivity contribution is 0.112. The summed E-state index contributed by atoms with van der Waals surface area (Å²) in [5.41, 5.74) is 2.11. The Kier molecular flexibility index (Phi) is 4.53. The summed E-state index contributed by atoms with van der Waals surface area (Å²) in [6.45, 7) is 0. The van der Waals surface area contributed by atoms with E-state index >= 15 is 0 Å². The second-order valence-corrected chi connectivity index (χ2v) is 6.52. The molecule has 0 aromatic heterocycles. The lowest BCUT2D eigenvalue weighted by Gasteiger charge is -2.11. The Bertz CT molecular complexity index is 1400. The van der Waals surface area contributed by atoms with Crippen molar-refractivity contribution in [2.45, 2.75) is 0 Å². The van der Waals surface area contributed by atoms with Crippen LogP contribution in [0.2, 0.25) is 0 Å². The maximum Gasteiger partial charge on any atom is 0.150 e. The van der Waals surface area contributed by atoms with Gasteiger partial charge in [0.25, 0.3) is 0 Å². The summed E-state index contributed by atoms with van der Waals surface area (Å²) < 4.78 is 0. The molecular formula is C25H14N2O2. The molecule has 0 saturated carbocycles. The molecule has 0 atom stereocenters. The summed E-state index contributed by atoms with van der Waals surface area (Å²) in [4.78, 5) is 11.4. The number of nitrogens with zero attached hydrogens (tertiary/aromatic N) is 2. The average molecular weight is 374 g/mol. The monoisotopic (exact) mass is 374 g/mol. The number of phenolic OH excluding ortho intramolecular Hbond substituents is 1. The first-order chi connectivity index (χ1) is 14.2. The van der Waals surface area contributed by atoms with E-state index in [2.05, 4.69) is 12.1 Å². The fourth-order valence-electron chi connectivity index (χ4n) is 3.67. The van der Waals surface area contributed by atoms with Crippen molar-refractivity contribution in [1.82, 2.24) is 0 Å². The van der Waals surface area contributed by atoms with E-state index < -0.39 is 0 Å². The number of allylic oxidation sites excluding steroid dienone is 2. The van der Waals surface area contributed by atoms with Crippen molar-refractivity contribution < 1.29 is 9.90 Å². The van der Waals surface area contributed by atoms with E-state index in [9.17, 15) is 20.4 Å². The molecule has 0 saturated heterocycles. The quantitative estimate of drug-likeness (QED) is 0.293. The smallest absolute Gasteiger partial charge is 0.150 e. The molecular weight excluding hydrogens is 360 g/mol. The number of nitriles is 2. The number of carbonyl (C=O) groups is 1. The van der Waals surface area contributed by atoms with Gasteiger partial charge in [0.05, 0.1) is 11.1 Å². The summed E-state index contributed by atoms with van der Waals surface area (Å²) in [6, 6.07) is 25.4. The highest BCUT2D eigenvalue weighted by Gasteiger charge is 2.17. The number of hydrogen-bond acceptors (Lipinski definition) is 4. The zero-order valence-corrected chi connectivity index (χ0v) is 15.3. The highest BCUT2D eigenvalue weighted by Crippen LogP contribution is 2.36. The van der Waals surface area contributed by atoms with E-state index in [0.717, 1.165) is 17.1 Å². The van der Waals surface area contributed by atoms with Gasteiger partial charge in [-0.1, -0.05) is 66.7 Å². The third kappa shape index (κ3) is 2.90. The van der Waals surface area contributed by atoms with E-state index in [1.807, 2.05) is 18.2 Å². The number of aromatic hydroxyl groups is 1. The van der Waals surface area contributed by atoms with Crippen molar-refractivity contribution in [3.63, 3.8) is 0 Å². The molecule has 136 valence electrons. The van der Waals surface area contributed by atoms with Gasteiger partial charge in [0.15, 0.2) is 6.29 Å². The van der Waals surface area contributed by atoms with Gasteiger partial charge in [-0.15, -0.1) is 0 Å². The van der Waals surface area contributed by atoms with E-state index in [1.165, 1.54) is 0 Å². The van der Waals surface area contributed by atoms with Crippen LogP contribution < -0.4 is 0 Å². The molecule has 0 radical (unpaired) electrons. The molecule has 0 fully saturated rings. The van der Waals surface area contributed by atoms with Gasteiger partial charge in [0.1, 0.15) is 17.9 Å². The number of fused-ring (bicyclic) bond motifs is 2. The SMILES string of the molecule is N#C/C(=C(/C#N)c1cccc2c(C=O)cccc12)c1cccc2c(O)cccc12. The molecule has 29 heavy (non-hydrogen) atoms. The Morgan fingerprint density at radius 1 is 0.690 bits per heavy atom. The van der Waals surface area contributed by atoms with E-state index in [0.29, 0.717) is 27.5 Å². The molecule has 0 aliphatic rings. The van der Waals surface area contributed by atoms with Crippen LogP contribution in [0.3, 0.4) is 0 Å². The summed E-state index contributed by atoms with van der Waals surface area (Å²) in [6.07, 6.45) is 0.778. The maximum absolute atomic E-state index is 11.4. The Balaban J connectivity index is 2.10. The number of hydrogen-bond donors (Lipinski definition) is 1. The molecule has 0 spiro atoms. The fraction of sp³-hybridized carbons (Fsp3) is 0. The number of benzene rings is 4. The standard InChI is InChI=1S/C25H14N2O2/c26-13-23(20-8-2-6-17-16(15-28)5-1-7-18(17)20)24(14-27)21-9-3-11-22-19(21)10-4-12-25(22)29/h1-12,15,29H/b24-23+. The molecule has 1 N–H and O–H groups in total. The van der Waals surface area contributed by atoms with Crippen molar-refractivity contribution in [2.75, 3.05) is 0 Å². The van der Waals surface area contributed by atoms with Gasteiger partial charge in [0, 0.05) is 22.1 Å². The predicted octanol–water partition coefficient (Wildman–Crippen LogP) is 5.47. The van der Waals surface area contributed by atoms with Gasteiger partial charge in [-0.25, -0.2) is 0 Å². The first kappa shape index (κ1) is 18.0. The molecule has 0 unspecified atom stereocenters. The molecule has 0 amide bonds. The predicted molar refractivity (Wildman–Crippen MR) is 113 cm³/mol. The zero-order valence-electron chi connectivity index (χ0n) is 15.3. The van der Waals surface area contributed by atoms with Crippen molar-refractivity contribution in [1.29, 1.82) is 10.5 Å². The number of carbonyl (C=O) groups excluding carboxylic acids is 1. The Labute approximate surface area is 167 Å². The van der Waals surface area contributed by atoms with Gasteiger partial charge in [-0.05, 0) is 22.2 Å². The van der Waals surface area contributed by atoms with Crippen LogP contribution in [0.5, 0.6) is 5.75 Å². The second-order valence-electron chi connectivity index (χ2n) is 6.52. The van der Waals surface area contributed by atoms with Crippen LogP contribution in [0.4, 0.5) is 0 Å². The molecule has 0 aliphatic carbocycles. The Morgan fingerprint density at radius 3 is 1.76 bits per heavy atom. The van der Waals surface area contributed by atoms with Crippen LogP contribution in [-0.4, -0.2) is 11.4 Å². The van der Waals surface area contributed by atoms with Crippen molar-refractivity contribution in [3.8, 4) is 17.9 Å².